The topological polar surface area (TPSA) is 229 Å². The maximum absolute atomic E-state index is 14.9. The minimum atomic E-state index is -1.55. The molecule has 0 saturated carbocycles. The third kappa shape index (κ3) is 4.98. The van der Waals surface area contributed by atoms with Crippen molar-refractivity contribution in [3.05, 3.63) is 87.0 Å². The van der Waals surface area contributed by atoms with Gasteiger partial charge < -0.3 is 40.4 Å². The highest BCUT2D eigenvalue weighted by Gasteiger charge is 2.51. The molecule has 7 rings (SSSR count). The van der Waals surface area contributed by atoms with Crippen LogP contribution < -0.4 is 15.8 Å². The zero-order valence-corrected chi connectivity index (χ0v) is 29.8. The Labute approximate surface area is 307 Å². The summed E-state index contributed by atoms with van der Waals surface area (Å²) in [6, 6.07) is 4.36. The fourth-order valence-corrected chi connectivity index (χ4v) is 7.69. The number of methoxy groups -OCH3 is 2. The minimum Gasteiger partial charge on any atom is -0.507 e. The number of carbonyl (C=O) groups excluding carboxylic acids is 7. The summed E-state index contributed by atoms with van der Waals surface area (Å²) in [6.07, 6.45) is 2.06. The van der Waals surface area contributed by atoms with Crippen molar-refractivity contribution in [3.8, 4) is 17.2 Å². The SMILES string of the molecule is CCC(C)C1=CC2C(=O)c3ccc4c(OC)c5c(c(O)c4c3C(=O)C2/C(=C(\N)C(=O)N2CC(C(=O)OC)NC(=O)C2C)O1)C(=O)c1cccc(O)c1C5=O. The first-order valence-corrected chi connectivity index (χ1v) is 17.2. The van der Waals surface area contributed by atoms with Crippen LogP contribution in [0.1, 0.15) is 79.8 Å². The first-order chi connectivity index (χ1) is 25.7. The predicted octanol–water partition coefficient (Wildman–Crippen LogP) is 2.67. The summed E-state index contributed by atoms with van der Waals surface area (Å²) in [4.78, 5) is 97.5. The highest BCUT2D eigenvalue weighted by molar-refractivity contribution is 6.35. The standard InChI is InChI=1S/C39H35N3O12/c1-6-14(2)22-12-19-26(36(54-22)29(40)38(50)42-13-20(39(51)53-5)41-37(49)15(42)3)33(47)24-17(30(19)44)10-11-18-25(24)34(48)27-28(35(18)52-4)32(46)23-16(31(27)45)8-7-9-21(23)43/h7-12,14-15,19-20,26,43,48H,6,13,40H2,1-5H3,(H,41,49)/b36-29+. The molecule has 5 N–H and O–H groups in total. The predicted molar refractivity (Wildman–Crippen MR) is 188 cm³/mol. The number of nitrogens with one attached hydrogen (secondary N) is 1. The first kappa shape index (κ1) is 35.9. The molecule has 4 aliphatic rings. The smallest absolute Gasteiger partial charge is 0.330 e. The lowest BCUT2D eigenvalue weighted by Gasteiger charge is -2.39. The molecular formula is C39H35N3O12. The fourth-order valence-electron chi connectivity index (χ4n) is 7.69. The molecule has 0 aromatic heterocycles. The Hall–Kier alpha value is -6.51. The zero-order valence-electron chi connectivity index (χ0n) is 29.8. The second-order valence-electron chi connectivity index (χ2n) is 13.6. The maximum Gasteiger partial charge on any atom is 0.330 e. The molecule has 2 heterocycles. The van der Waals surface area contributed by atoms with Gasteiger partial charge in [-0.3, -0.25) is 28.8 Å². The molecule has 0 spiro atoms. The molecule has 3 aromatic carbocycles. The number of piperazine rings is 1. The molecule has 2 aliphatic heterocycles. The second-order valence-corrected chi connectivity index (χ2v) is 13.6. The van der Waals surface area contributed by atoms with Crippen LogP contribution in [0.15, 0.2) is 53.6 Å². The van der Waals surface area contributed by atoms with E-state index in [1.807, 2.05) is 13.8 Å². The fraction of sp³-hybridized carbons (Fsp3) is 0.308. The molecule has 54 heavy (non-hydrogen) atoms. The summed E-state index contributed by atoms with van der Waals surface area (Å²) >= 11 is 0. The summed E-state index contributed by atoms with van der Waals surface area (Å²) in [6.45, 7) is 4.80. The number of nitrogens with zero attached hydrogens (tertiary/aromatic N) is 1. The lowest BCUT2D eigenvalue weighted by molar-refractivity contribution is -0.152. The number of benzene rings is 3. The number of Topliss-reactive ketones (excluding diaryl/α,β-unsaturated/α-hetero) is 2. The van der Waals surface area contributed by atoms with E-state index in [1.165, 1.54) is 50.4 Å². The molecule has 5 unspecified atom stereocenters. The van der Waals surface area contributed by atoms with E-state index in [4.69, 9.17) is 19.9 Å². The summed E-state index contributed by atoms with van der Waals surface area (Å²) in [7, 11) is 2.35. The number of nitrogens with two attached hydrogens (primary N) is 1. The Morgan fingerprint density at radius 3 is 2.37 bits per heavy atom. The summed E-state index contributed by atoms with van der Waals surface area (Å²) < 4.78 is 16.6. The molecule has 278 valence electrons. The molecule has 0 bridgehead atoms. The van der Waals surface area contributed by atoms with Crippen LogP contribution >= 0.6 is 0 Å². The minimum absolute atomic E-state index is 0.0104. The van der Waals surface area contributed by atoms with Crippen LogP contribution in [-0.2, 0) is 23.9 Å². The number of ether oxygens (including phenoxy) is 3. The van der Waals surface area contributed by atoms with Gasteiger partial charge in [-0.2, -0.15) is 0 Å². The van der Waals surface area contributed by atoms with E-state index in [0.29, 0.717) is 6.42 Å². The van der Waals surface area contributed by atoms with Crippen LogP contribution in [0.5, 0.6) is 17.2 Å². The zero-order chi connectivity index (χ0) is 39.1. The van der Waals surface area contributed by atoms with Crippen LogP contribution in [0.4, 0.5) is 0 Å². The number of hydrogen-bond donors (Lipinski definition) is 4. The summed E-state index contributed by atoms with van der Waals surface area (Å²) in [5, 5.41) is 24.7. The van der Waals surface area contributed by atoms with Crippen molar-refractivity contribution in [2.24, 2.45) is 23.5 Å². The van der Waals surface area contributed by atoms with Gasteiger partial charge in [0.1, 0.15) is 46.5 Å². The molecule has 3 aromatic rings. The molecule has 1 saturated heterocycles. The average Bonchev–Trinajstić information content (AvgIpc) is 3.17. The lowest BCUT2D eigenvalue weighted by atomic mass is 9.69. The molecule has 2 aliphatic carbocycles. The number of phenolic OH excluding ortho intramolecular Hbond substituents is 2. The van der Waals surface area contributed by atoms with Crippen LogP contribution in [0.25, 0.3) is 10.8 Å². The number of ketones is 4. The number of rotatable bonds is 5. The molecule has 5 atom stereocenters. The summed E-state index contributed by atoms with van der Waals surface area (Å²) in [5.41, 5.74) is 4.23. The normalized spacial score (nSPS) is 23.2. The van der Waals surface area contributed by atoms with E-state index >= 15 is 0 Å². The Morgan fingerprint density at radius 1 is 0.981 bits per heavy atom. The number of fused-ring (bicyclic) bond motifs is 6. The van der Waals surface area contributed by atoms with Crippen molar-refractivity contribution in [1.29, 1.82) is 0 Å². The Morgan fingerprint density at radius 2 is 1.70 bits per heavy atom. The van der Waals surface area contributed by atoms with E-state index in [0.717, 1.165) is 12.0 Å². The van der Waals surface area contributed by atoms with E-state index in [-0.39, 0.29) is 68.3 Å². The van der Waals surface area contributed by atoms with Gasteiger partial charge in [0.2, 0.25) is 11.7 Å². The van der Waals surface area contributed by atoms with Crippen molar-refractivity contribution < 1.29 is 58.0 Å². The van der Waals surface area contributed by atoms with E-state index < -0.39 is 87.6 Å². The van der Waals surface area contributed by atoms with Gasteiger partial charge >= 0.3 is 5.97 Å². The van der Waals surface area contributed by atoms with Gasteiger partial charge in [0.15, 0.2) is 17.3 Å². The first-order valence-electron chi connectivity index (χ1n) is 17.2. The van der Waals surface area contributed by atoms with Crippen molar-refractivity contribution in [3.63, 3.8) is 0 Å². The van der Waals surface area contributed by atoms with Crippen LogP contribution in [0.2, 0.25) is 0 Å². The third-order valence-corrected chi connectivity index (χ3v) is 10.8. The molecule has 2 amide bonds. The van der Waals surface area contributed by atoms with Crippen LogP contribution in [-0.4, -0.2) is 88.9 Å². The molecule has 15 nitrogen and oxygen atoms in total. The van der Waals surface area contributed by atoms with Gasteiger partial charge in [-0.1, -0.05) is 26.0 Å². The lowest BCUT2D eigenvalue weighted by Crippen LogP contribution is -2.63. The number of aromatic hydroxyl groups is 2. The van der Waals surface area contributed by atoms with E-state index in [1.54, 1.807) is 0 Å². The third-order valence-electron chi connectivity index (χ3n) is 10.8. The van der Waals surface area contributed by atoms with E-state index in [9.17, 15) is 43.8 Å². The average molecular weight is 738 g/mol. The molecule has 0 radical (unpaired) electrons. The number of carbonyl (C=O) groups is 7. The highest BCUT2D eigenvalue weighted by atomic mass is 16.5. The van der Waals surface area contributed by atoms with Crippen molar-refractivity contribution in [2.45, 2.75) is 39.3 Å². The Kier molecular flexibility index (Phi) is 8.54. The van der Waals surface area contributed by atoms with Gasteiger partial charge in [-0.25, -0.2) is 4.79 Å². The number of amides is 2. The second kappa shape index (κ2) is 12.9. The monoisotopic (exact) mass is 737 g/mol. The number of phenols is 2. The largest absolute Gasteiger partial charge is 0.507 e. The van der Waals surface area contributed by atoms with Crippen molar-refractivity contribution in [2.75, 3.05) is 20.8 Å². The van der Waals surface area contributed by atoms with Gasteiger partial charge in [-0.15, -0.1) is 0 Å². The van der Waals surface area contributed by atoms with Crippen LogP contribution in [0, 0.1) is 17.8 Å². The van der Waals surface area contributed by atoms with Crippen molar-refractivity contribution in [1.82, 2.24) is 10.2 Å². The molecule has 15 heteroatoms. The summed E-state index contributed by atoms with van der Waals surface area (Å²) in [5.74, 6) is -9.97. The van der Waals surface area contributed by atoms with Gasteiger partial charge in [0.25, 0.3) is 5.91 Å². The van der Waals surface area contributed by atoms with E-state index in [2.05, 4.69) is 5.32 Å². The Balaban J connectivity index is 1.45. The molecular weight excluding hydrogens is 702 g/mol. The van der Waals surface area contributed by atoms with Gasteiger partial charge in [0.05, 0.1) is 49.3 Å². The Bertz CT molecular complexity index is 2360. The van der Waals surface area contributed by atoms with Crippen LogP contribution in [0.3, 0.4) is 0 Å². The van der Waals surface area contributed by atoms with Gasteiger partial charge in [0, 0.05) is 33.4 Å². The quantitative estimate of drug-likeness (QED) is 0.171. The van der Waals surface area contributed by atoms with Gasteiger partial charge in [-0.05, 0) is 37.6 Å². The number of esters is 1. The highest BCUT2D eigenvalue weighted by Crippen LogP contribution is 2.51. The molecule has 1 fully saturated rings. The number of hydrogen-bond acceptors (Lipinski definition) is 13. The van der Waals surface area contributed by atoms with Crippen molar-refractivity contribution >= 4 is 51.7 Å². The maximum atomic E-state index is 14.9. The number of allylic oxidation sites excluding steroid dienone is 3.